The molecular weight excluding hydrogens is 530 g/mol. The summed E-state index contributed by atoms with van der Waals surface area (Å²) < 4.78 is 5.32. The van der Waals surface area contributed by atoms with E-state index < -0.39 is 0 Å². The number of hydrogen-bond donors (Lipinski definition) is 1. The second kappa shape index (κ2) is 14.2. The molecule has 0 unspecified atom stereocenters. The van der Waals surface area contributed by atoms with Crippen LogP contribution in [0.5, 0.6) is 0 Å². The van der Waals surface area contributed by atoms with Crippen molar-refractivity contribution in [1.82, 2.24) is 4.98 Å². The Balaban J connectivity index is 0.000000922. The van der Waals surface area contributed by atoms with E-state index in [1.54, 1.807) is 8.93 Å². The van der Waals surface area contributed by atoms with E-state index in [0.29, 0.717) is 6.04 Å². The van der Waals surface area contributed by atoms with E-state index in [2.05, 4.69) is 63.9 Å². The van der Waals surface area contributed by atoms with Gasteiger partial charge >= 0.3 is 0 Å². The molecule has 0 amide bonds. The van der Waals surface area contributed by atoms with Crippen LogP contribution in [-0.4, -0.2) is 30.5 Å². The van der Waals surface area contributed by atoms with Crippen molar-refractivity contribution in [2.45, 2.75) is 26.3 Å². The van der Waals surface area contributed by atoms with Crippen LogP contribution < -0.4 is 5.32 Å². The number of ether oxygens (including phenoxy) is 1. The topological polar surface area (TPSA) is 34.1 Å². The van der Waals surface area contributed by atoms with Gasteiger partial charge in [-0.2, -0.15) is 0 Å². The molecular formula is C14H20I2N2OS2. The van der Waals surface area contributed by atoms with E-state index in [4.69, 9.17) is 4.74 Å². The van der Waals surface area contributed by atoms with E-state index in [-0.39, 0.29) is 7.43 Å². The fourth-order valence-corrected chi connectivity index (χ4v) is 2.18. The van der Waals surface area contributed by atoms with Crippen LogP contribution in [0.15, 0.2) is 18.3 Å². The molecule has 2 heterocycles. The van der Waals surface area contributed by atoms with Crippen molar-refractivity contribution in [3.8, 4) is 11.2 Å². The largest absolute Gasteiger partial charge is 0.381 e. The Morgan fingerprint density at radius 2 is 2.00 bits per heavy atom. The van der Waals surface area contributed by atoms with Gasteiger partial charge in [-0.25, -0.2) is 4.98 Å². The van der Waals surface area contributed by atoms with Crippen LogP contribution in [0.2, 0.25) is 0 Å². The van der Waals surface area contributed by atoms with Gasteiger partial charge < -0.3 is 10.1 Å². The van der Waals surface area contributed by atoms with Crippen LogP contribution >= 0.6 is 60.3 Å². The molecule has 0 spiro atoms. The molecule has 0 radical (unpaired) electrons. The van der Waals surface area contributed by atoms with Crippen molar-refractivity contribution in [2.24, 2.45) is 0 Å². The lowest BCUT2D eigenvalue weighted by Gasteiger charge is -2.23. The van der Waals surface area contributed by atoms with Gasteiger partial charge in [0.25, 0.3) is 0 Å². The highest BCUT2D eigenvalue weighted by Gasteiger charge is 2.12. The number of anilines is 1. The highest BCUT2D eigenvalue weighted by molar-refractivity contribution is 14.2. The van der Waals surface area contributed by atoms with Crippen LogP contribution in [0.4, 0.5) is 5.69 Å². The molecule has 0 atom stereocenters. The Hall–Kier alpha value is 0.630. The Morgan fingerprint density at radius 3 is 2.52 bits per heavy atom. The van der Waals surface area contributed by atoms with Gasteiger partial charge in [0.2, 0.25) is 0 Å². The van der Waals surface area contributed by atoms with Gasteiger partial charge in [0.1, 0.15) is 5.69 Å². The second-order valence-corrected chi connectivity index (χ2v) is 8.55. The van der Waals surface area contributed by atoms with Gasteiger partial charge in [-0.05, 0) is 72.5 Å². The highest BCUT2D eigenvalue weighted by atomic mass is 127. The number of rotatable bonds is 2. The SMILES string of the molecule is C.CSI.ISC#Cc1ccc(NC2CCOCC2)cn1. The molecule has 1 aromatic heterocycles. The summed E-state index contributed by atoms with van der Waals surface area (Å²) in [5, 5.41) is 6.39. The predicted molar refractivity (Wildman–Crippen MR) is 114 cm³/mol. The van der Waals surface area contributed by atoms with Crippen molar-refractivity contribution in [1.29, 1.82) is 0 Å². The maximum Gasteiger partial charge on any atom is 0.114 e. The molecule has 118 valence electrons. The van der Waals surface area contributed by atoms with Gasteiger partial charge in [0.15, 0.2) is 0 Å². The van der Waals surface area contributed by atoms with E-state index >= 15 is 0 Å². The van der Waals surface area contributed by atoms with Crippen molar-refractivity contribution < 1.29 is 4.74 Å². The zero-order valence-electron chi connectivity index (χ0n) is 11.1. The highest BCUT2D eigenvalue weighted by Crippen LogP contribution is 2.14. The zero-order chi connectivity index (χ0) is 14.6. The summed E-state index contributed by atoms with van der Waals surface area (Å²) in [6.07, 6.45) is 6.00. The number of nitrogens with one attached hydrogen (secondary N) is 1. The summed E-state index contributed by atoms with van der Waals surface area (Å²) in [5.74, 6) is 2.97. The van der Waals surface area contributed by atoms with E-state index in [0.717, 1.165) is 37.4 Å². The van der Waals surface area contributed by atoms with Crippen LogP contribution in [0.3, 0.4) is 0 Å². The number of pyridine rings is 1. The Kier molecular flexibility index (Phi) is 14.7. The first-order valence-electron chi connectivity index (χ1n) is 6.03. The van der Waals surface area contributed by atoms with Crippen molar-refractivity contribution in [2.75, 3.05) is 24.8 Å². The fourth-order valence-electron chi connectivity index (χ4n) is 1.70. The summed E-state index contributed by atoms with van der Waals surface area (Å²) >= 11 is 4.35. The molecule has 21 heavy (non-hydrogen) atoms. The molecule has 1 saturated heterocycles. The van der Waals surface area contributed by atoms with Crippen LogP contribution in [0, 0.1) is 11.2 Å². The number of aromatic nitrogens is 1. The van der Waals surface area contributed by atoms with Gasteiger partial charge in [0, 0.05) is 40.5 Å². The minimum atomic E-state index is 0. The third-order valence-corrected chi connectivity index (χ3v) is 3.41. The smallest absolute Gasteiger partial charge is 0.114 e. The standard InChI is InChI=1S/C12H13IN2OS.CH3IS.CH4/c13-17-8-5-10-1-2-12(9-14-10)15-11-3-6-16-7-4-11;1-3-2;/h1-2,9,11,15H,3-4,6-7H2;1H3;1H4. The Labute approximate surface area is 160 Å². The quantitative estimate of drug-likeness (QED) is 0.394. The zero-order valence-corrected chi connectivity index (χ0v) is 17.0. The first kappa shape index (κ1) is 21.6. The molecule has 3 nitrogen and oxygen atoms in total. The molecule has 0 aromatic carbocycles. The van der Waals surface area contributed by atoms with Crippen LogP contribution in [0.1, 0.15) is 26.0 Å². The maximum atomic E-state index is 5.32. The van der Waals surface area contributed by atoms with E-state index in [9.17, 15) is 0 Å². The number of nitrogens with zero attached hydrogens (tertiary/aromatic N) is 1. The predicted octanol–water partition coefficient (Wildman–Crippen LogP) is 5.40. The number of halogens is 2. The molecule has 1 aliphatic heterocycles. The van der Waals surface area contributed by atoms with Gasteiger partial charge in [0.05, 0.1) is 11.9 Å². The van der Waals surface area contributed by atoms with E-state index in [1.807, 2.05) is 24.6 Å². The van der Waals surface area contributed by atoms with Gasteiger partial charge in [-0.15, -0.1) is 0 Å². The summed E-state index contributed by atoms with van der Waals surface area (Å²) in [4.78, 5) is 4.30. The average Bonchev–Trinajstić information content (AvgIpc) is 2.48. The lowest BCUT2D eigenvalue weighted by atomic mass is 10.1. The summed E-state index contributed by atoms with van der Waals surface area (Å²) in [5.41, 5.74) is 1.87. The Morgan fingerprint density at radius 1 is 1.33 bits per heavy atom. The molecule has 2 rings (SSSR count). The third-order valence-electron chi connectivity index (χ3n) is 2.57. The van der Waals surface area contributed by atoms with E-state index in [1.165, 1.54) is 8.93 Å². The molecule has 0 aliphatic carbocycles. The van der Waals surface area contributed by atoms with Crippen molar-refractivity contribution >= 4 is 66.0 Å². The molecule has 1 aromatic rings. The van der Waals surface area contributed by atoms with Crippen LogP contribution in [0.25, 0.3) is 0 Å². The van der Waals surface area contributed by atoms with Gasteiger partial charge in [-0.3, -0.25) is 0 Å². The Bertz CT molecular complexity index is 429. The van der Waals surface area contributed by atoms with Crippen molar-refractivity contribution in [3.63, 3.8) is 0 Å². The monoisotopic (exact) mass is 550 g/mol. The minimum absolute atomic E-state index is 0. The molecule has 0 saturated carbocycles. The summed E-state index contributed by atoms with van der Waals surface area (Å²) in [7, 11) is 3.19. The summed E-state index contributed by atoms with van der Waals surface area (Å²) in [6.45, 7) is 1.70. The first-order chi connectivity index (χ1) is 9.80. The summed E-state index contributed by atoms with van der Waals surface area (Å²) in [6, 6.07) is 4.48. The lowest BCUT2D eigenvalue weighted by Crippen LogP contribution is -2.27. The maximum absolute atomic E-state index is 5.32. The lowest BCUT2D eigenvalue weighted by molar-refractivity contribution is 0.0904. The van der Waals surface area contributed by atoms with Gasteiger partial charge in [-0.1, -0.05) is 16.4 Å². The number of hydrogen-bond acceptors (Lipinski definition) is 5. The average molecular weight is 550 g/mol. The fraction of sp³-hybridized carbons (Fsp3) is 0.500. The van der Waals surface area contributed by atoms with Crippen molar-refractivity contribution in [3.05, 3.63) is 24.0 Å². The normalized spacial score (nSPS) is 13.9. The second-order valence-electron chi connectivity index (χ2n) is 3.92. The van der Waals surface area contributed by atoms with Crippen LogP contribution in [-0.2, 0) is 4.74 Å². The molecule has 1 aliphatic rings. The molecule has 1 N–H and O–H groups in total. The molecule has 7 heteroatoms. The third kappa shape index (κ3) is 10.1. The minimum Gasteiger partial charge on any atom is -0.381 e. The molecule has 0 bridgehead atoms. The molecule has 1 fully saturated rings. The first-order valence-corrected chi connectivity index (χ1v) is 13.2.